The van der Waals surface area contributed by atoms with E-state index in [-0.39, 0.29) is 0 Å². The van der Waals surface area contributed by atoms with Crippen LogP contribution < -0.4 is 15.0 Å². The van der Waals surface area contributed by atoms with Crippen LogP contribution in [0.2, 0.25) is 0 Å². The van der Waals surface area contributed by atoms with Crippen molar-refractivity contribution in [1.29, 1.82) is 0 Å². The first-order chi connectivity index (χ1) is 16.2. The fourth-order valence-corrected chi connectivity index (χ4v) is 3.52. The molecule has 0 radical (unpaired) electrons. The third kappa shape index (κ3) is 4.44. The molecule has 0 unspecified atom stereocenters. The van der Waals surface area contributed by atoms with Crippen molar-refractivity contribution in [2.24, 2.45) is 7.05 Å². The molecule has 1 fully saturated rings. The molecule has 5 rings (SSSR count). The van der Waals surface area contributed by atoms with Gasteiger partial charge in [0.2, 0.25) is 5.95 Å². The van der Waals surface area contributed by atoms with Crippen LogP contribution in [0.15, 0.2) is 49.1 Å². The minimum Gasteiger partial charge on any atom is -0.491 e. The number of nitrogens with zero attached hydrogens (tertiary/aromatic N) is 8. The summed E-state index contributed by atoms with van der Waals surface area (Å²) in [5, 5.41) is 7.74. The summed E-state index contributed by atoms with van der Waals surface area (Å²) in [5.74, 6) is 2.09. The van der Waals surface area contributed by atoms with E-state index in [4.69, 9.17) is 24.4 Å². The van der Waals surface area contributed by atoms with Gasteiger partial charge in [-0.2, -0.15) is 10.1 Å². The Labute approximate surface area is 190 Å². The van der Waals surface area contributed by atoms with Gasteiger partial charge in [-0.1, -0.05) is 0 Å². The van der Waals surface area contributed by atoms with E-state index < -0.39 is 0 Å². The number of hydrogen-bond donors (Lipinski definition) is 1. The van der Waals surface area contributed by atoms with Crippen molar-refractivity contribution in [2.75, 3.05) is 43.6 Å². The molecule has 0 spiro atoms. The molecular weight excluding hydrogens is 422 g/mol. The van der Waals surface area contributed by atoms with Gasteiger partial charge in [-0.25, -0.2) is 15.0 Å². The molecule has 1 aliphatic rings. The van der Waals surface area contributed by atoms with Gasteiger partial charge in [0, 0.05) is 50.6 Å². The summed E-state index contributed by atoms with van der Waals surface area (Å²) in [4.78, 5) is 24.9. The Morgan fingerprint density at radius 1 is 0.970 bits per heavy atom. The Balaban J connectivity index is 1.63. The van der Waals surface area contributed by atoms with Gasteiger partial charge in [0.25, 0.3) is 0 Å². The first-order valence-corrected chi connectivity index (χ1v) is 10.5. The number of morpholine rings is 1. The van der Waals surface area contributed by atoms with E-state index in [2.05, 4.69) is 25.3 Å². The smallest absolute Gasteiger partial charge is 0.228 e. The predicted molar refractivity (Wildman–Crippen MR) is 122 cm³/mol. The molecule has 1 N–H and O–H groups in total. The van der Waals surface area contributed by atoms with Crippen molar-refractivity contribution in [1.82, 2.24) is 34.7 Å². The highest BCUT2D eigenvalue weighted by molar-refractivity contribution is 5.76. The Hall–Kier alpha value is -4.12. The van der Waals surface area contributed by atoms with Gasteiger partial charge in [0.15, 0.2) is 17.4 Å². The summed E-state index contributed by atoms with van der Waals surface area (Å²) in [7, 11) is 3.45. The van der Waals surface area contributed by atoms with Crippen LogP contribution in [-0.2, 0) is 11.8 Å². The van der Waals surface area contributed by atoms with Gasteiger partial charge in [0.05, 0.1) is 26.0 Å². The molecule has 11 heteroatoms. The molecule has 0 bridgehead atoms. The number of methoxy groups -OCH3 is 1. The van der Waals surface area contributed by atoms with Crippen LogP contribution in [0.1, 0.15) is 0 Å². The molecule has 33 heavy (non-hydrogen) atoms. The van der Waals surface area contributed by atoms with Crippen molar-refractivity contribution in [3.8, 4) is 28.7 Å². The minimum absolute atomic E-state index is 0.481. The fourth-order valence-electron chi connectivity index (χ4n) is 3.52. The molecule has 5 heterocycles. The third-order valence-electron chi connectivity index (χ3n) is 5.14. The molecule has 0 atom stereocenters. The molecule has 168 valence electrons. The molecular formula is C22H23N9O2. The summed E-state index contributed by atoms with van der Waals surface area (Å²) in [5.41, 5.74) is 2.68. The molecule has 0 saturated carbocycles. The molecule has 0 amide bonds. The Bertz CT molecular complexity index is 1240. The van der Waals surface area contributed by atoms with E-state index in [1.807, 2.05) is 31.4 Å². The van der Waals surface area contributed by atoms with Gasteiger partial charge < -0.3 is 19.7 Å². The predicted octanol–water partition coefficient (Wildman–Crippen LogP) is 2.32. The minimum atomic E-state index is 0.481. The topological polar surface area (TPSA) is 116 Å². The molecule has 1 saturated heterocycles. The number of hydrogen-bond acceptors (Lipinski definition) is 10. The second kappa shape index (κ2) is 9.17. The SMILES string of the molecule is COc1c(Nc2ccncc2)nc(N2CCOCC2)nc1-c1ccnc(-c2ccn(C)n2)n1. The van der Waals surface area contributed by atoms with Gasteiger partial charge >= 0.3 is 0 Å². The van der Waals surface area contributed by atoms with Crippen LogP contribution in [0.4, 0.5) is 17.5 Å². The first-order valence-electron chi connectivity index (χ1n) is 10.5. The monoisotopic (exact) mass is 445 g/mol. The van der Waals surface area contributed by atoms with Crippen LogP contribution in [0.5, 0.6) is 5.75 Å². The number of aryl methyl sites for hydroxylation is 1. The zero-order valence-corrected chi connectivity index (χ0v) is 18.3. The summed E-state index contributed by atoms with van der Waals surface area (Å²) in [6.07, 6.45) is 6.97. The van der Waals surface area contributed by atoms with Crippen LogP contribution in [0.25, 0.3) is 22.9 Å². The molecule has 11 nitrogen and oxygen atoms in total. The quantitative estimate of drug-likeness (QED) is 0.474. The second-order valence-corrected chi connectivity index (χ2v) is 7.35. The summed E-state index contributed by atoms with van der Waals surface area (Å²) < 4.78 is 13.0. The average Bonchev–Trinajstić information content (AvgIpc) is 3.31. The highest BCUT2D eigenvalue weighted by Crippen LogP contribution is 2.36. The van der Waals surface area contributed by atoms with Crippen molar-refractivity contribution >= 4 is 17.5 Å². The summed E-state index contributed by atoms with van der Waals surface area (Å²) in [6.45, 7) is 2.64. The number of pyridine rings is 1. The number of nitrogens with one attached hydrogen (secondary N) is 1. The lowest BCUT2D eigenvalue weighted by Gasteiger charge is -2.28. The molecule has 1 aliphatic heterocycles. The number of ether oxygens (including phenoxy) is 2. The second-order valence-electron chi connectivity index (χ2n) is 7.35. The summed E-state index contributed by atoms with van der Waals surface area (Å²) >= 11 is 0. The summed E-state index contributed by atoms with van der Waals surface area (Å²) in [6, 6.07) is 7.39. The largest absolute Gasteiger partial charge is 0.491 e. The average molecular weight is 445 g/mol. The van der Waals surface area contributed by atoms with Crippen molar-refractivity contribution in [3.05, 3.63) is 49.1 Å². The highest BCUT2D eigenvalue weighted by atomic mass is 16.5. The normalized spacial score (nSPS) is 13.7. The zero-order valence-electron chi connectivity index (χ0n) is 18.3. The van der Waals surface area contributed by atoms with Crippen LogP contribution in [0, 0.1) is 0 Å². The van der Waals surface area contributed by atoms with E-state index >= 15 is 0 Å². The number of aromatic nitrogens is 7. The van der Waals surface area contributed by atoms with Gasteiger partial charge in [-0.15, -0.1) is 0 Å². The highest BCUT2D eigenvalue weighted by Gasteiger charge is 2.23. The van der Waals surface area contributed by atoms with E-state index in [1.165, 1.54) is 0 Å². The van der Waals surface area contributed by atoms with Gasteiger partial charge in [0.1, 0.15) is 11.4 Å². The third-order valence-corrected chi connectivity index (χ3v) is 5.14. The lowest BCUT2D eigenvalue weighted by atomic mass is 10.2. The Kier molecular flexibility index (Phi) is 5.77. The van der Waals surface area contributed by atoms with Gasteiger partial charge in [-0.05, 0) is 24.3 Å². The van der Waals surface area contributed by atoms with Crippen molar-refractivity contribution in [3.63, 3.8) is 0 Å². The van der Waals surface area contributed by atoms with Crippen LogP contribution >= 0.6 is 0 Å². The van der Waals surface area contributed by atoms with E-state index in [9.17, 15) is 0 Å². The maximum absolute atomic E-state index is 5.77. The van der Waals surface area contributed by atoms with Crippen molar-refractivity contribution in [2.45, 2.75) is 0 Å². The first kappa shape index (κ1) is 20.8. The number of anilines is 3. The fraction of sp³-hybridized carbons (Fsp3) is 0.273. The Morgan fingerprint density at radius 3 is 2.52 bits per heavy atom. The molecule has 0 aliphatic carbocycles. The molecule has 4 aromatic heterocycles. The number of rotatable bonds is 6. The lowest BCUT2D eigenvalue weighted by Crippen LogP contribution is -2.37. The maximum Gasteiger partial charge on any atom is 0.228 e. The van der Waals surface area contributed by atoms with Crippen LogP contribution in [0.3, 0.4) is 0 Å². The zero-order chi connectivity index (χ0) is 22.6. The maximum atomic E-state index is 5.77. The standard InChI is InChI=1S/C22H23N9O2/c1-30-10-6-17(29-30)20-24-9-5-16(26-20)18-19(32-2)21(25-15-3-7-23-8-4-15)28-22(27-18)31-11-13-33-14-12-31/h3-10H,11-14H2,1-2H3,(H,23,25,27,28). The van der Waals surface area contributed by atoms with E-state index in [0.717, 1.165) is 5.69 Å². The lowest BCUT2D eigenvalue weighted by molar-refractivity contribution is 0.122. The molecule has 4 aromatic rings. The van der Waals surface area contributed by atoms with E-state index in [1.54, 1.807) is 36.4 Å². The molecule has 0 aromatic carbocycles. The van der Waals surface area contributed by atoms with Crippen molar-refractivity contribution < 1.29 is 9.47 Å². The van der Waals surface area contributed by atoms with Gasteiger partial charge in [-0.3, -0.25) is 9.67 Å². The van der Waals surface area contributed by atoms with E-state index in [0.29, 0.717) is 66.7 Å². The van der Waals surface area contributed by atoms with Crippen LogP contribution in [-0.4, -0.2) is 68.1 Å². The Morgan fingerprint density at radius 2 is 1.79 bits per heavy atom.